The van der Waals surface area contributed by atoms with E-state index >= 15 is 0 Å². The van der Waals surface area contributed by atoms with Crippen molar-refractivity contribution in [3.05, 3.63) is 77.6 Å². The van der Waals surface area contributed by atoms with Gasteiger partial charge in [0.25, 0.3) is 5.91 Å². The van der Waals surface area contributed by atoms with E-state index in [4.69, 9.17) is 15.7 Å². The molecular weight excluding hydrogens is 387 g/mol. The van der Waals surface area contributed by atoms with Gasteiger partial charge in [0.05, 0.1) is 23.1 Å². The van der Waals surface area contributed by atoms with Gasteiger partial charge in [-0.25, -0.2) is 9.37 Å². The van der Waals surface area contributed by atoms with Crippen molar-refractivity contribution >= 4 is 29.2 Å². The molecule has 30 heavy (non-hydrogen) atoms. The van der Waals surface area contributed by atoms with E-state index in [1.54, 1.807) is 48.0 Å². The van der Waals surface area contributed by atoms with Crippen molar-refractivity contribution in [2.45, 2.75) is 6.92 Å². The van der Waals surface area contributed by atoms with Gasteiger partial charge in [-0.1, -0.05) is 11.2 Å². The van der Waals surface area contributed by atoms with Crippen molar-refractivity contribution in [1.82, 2.24) is 14.5 Å². The number of aryl methyl sites for hydroxylation is 1. The lowest BCUT2D eigenvalue weighted by Gasteiger charge is -2.08. The zero-order chi connectivity index (χ0) is 21.3. The number of hydrogen-bond donors (Lipinski definition) is 3. The van der Waals surface area contributed by atoms with E-state index in [1.807, 2.05) is 0 Å². The number of nitrogens with zero attached hydrogens (tertiary/aromatic N) is 3. The molecular formula is C21H17FN6O2. The van der Waals surface area contributed by atoms with Gasteiger partial charge in [0.1, 0.15) is 11.5 Å². The third kappa shape index (κ3) is 3.44. The van der Waals surface area contributed by atoms with Crippen LogP contribution in [0.15, 0.2) is 59.5 Å². The van der Waals surface area contributed by atoms with Crippen LogP contribution in [0.1, 0.15) is 21.6 Å². The van der Waals surface area contributed by atoms with E-state index in [0.29, 0.717) is 28.2 Å². The Kier molecular flexibility index (Phi) is 4.85. The van der Waals surface area contributed by atoms with E-state index in [1.165, 1.54) is 18.3 Å². The Morgan fingerprint density at radius 3 is 2.80 bits per heavy atom. The summed E-state index contributed by atoms with van der Waals surface area (Å²) in [7, 11) is 0. The first-order chi connectivity index (χ1) is 14.5. The molecule has 0 unspecified atom stereocenters. The van der Waals surface area contributed by atoms with Gasteiger partial charge >= 0.3 is 0 Å². The highest BCUT2D eigenvalue weighted by Crippen LogP contribution is 2.25. The fraction of sp³-hybridized carbons (Fsp3) is 0.0476. The average molecular weight is 404 g/mol. The lowest BCUT2D eigenvalue weighted by Crippen LogP contribution is -2.13. The molecule has 3 aromatic heterocycles. The quantitative estimate of drug-likeness (QED) is 0.438. The van der Waals surface area contributed by atoms with Crippen LogP contribution in [0.4, 0.5) is 10.3 Å². The Morgan fingerprint density at radius 2 is 2.13 bits per heavy atom. The molecule has 4 aromatic rings. The molecule has 4 rings (SSSR count). The molecule has 3 heterocycles. The number of halogens is 1. The first-order valence-corrected chi connectivity index (χ1v) is 8.94. The van der Waals surface area contributed by atoms with Crippen LogP contribution in [0.3, 0.4) is 0 Å². The summed E-state index contributed by atoms with van der Waals surface area (Å²) >= 11 is 0. The highest BCUT2D eigenvalue weighted by Gasteiger charge is 2.16. The Bertz CT molecular complexity index is 1300. The van der Waals surface area contributed by atoms with Crippen LogP contribution in [0.25, 0.3) is 22.5 Å². The number of carbonyl (C=O) groups excluding carboxylic acids is 1. The van der Waals surface area contributed by atoms with Gasteiger partial charge in [0.2, 0.25) is 5.88 Å². The summed E-state index contributed by atoms with van der Waals surface area (Å²) < 4.78 is 21.4. The Morgan fingerprint density at radius 1 is 1.30 bits per heavy atom. The molecule has 4 N–H and O–H groups in total. The largest absolute Gasteiger partial charge is 0.404 e. The van der Waals surface area contributed by atoms with Gasteiger partial charge in [-0.3, -0.25) is 14.5 Å². The second-order valence-corrected chi connectivity index (χ2v) is 6.54. The summed E-state index contributed by atoms with van der Waals surface area (Å²) in [5.74, 6) is -1.18. The molecule has 9 heteroatoms. The molecule has 0 saturated heterocycles. The molecule has 0 bridgehead atoms. The van der Waals surface area contributed by atoms with Crippen LogP contribution >= 0.6 is 0 Å². The maximum absolute atomic E-state index is 14.7. The molecule has 1 amide bonds. The minimum atomic E-state index is -0.686. The second-order valence-electron chi connectivity index (χ2n) is 6.54. The molecule has 1 aromatic carbocycles. The van der Waals surface area contributed by atoms with Gasteiger partial charge in [-0.05, 0) is 31.2 Å². The summed E-state index contributed by atoms with van der Waals surface area (Å²) in [6, 6.07) is 9.43. The number of imidazole rings is 1. The number of fused-ring (bicyclic) bond motifs is 1. The van der Waals surface area contributed by atoms with Crippen molar-refractivity contribution in [1.29, 1.82) is 5.41 Å². The van der Waals surface area contributed by atoms with Gasteiger partial charge in [0.15, 0.2) is 0 Å². The zero-order valence-electron chi connectivity index (χ0n) is 15.9. The molecule has 8 nitrogen and oxygen atoms in total. The monoisotopic (exact) mass is 404 g/mol. The highest BCUT2D eigenvalue weighted by atomic mass is 19.1. The van der Waals surface area contributed by atoms with E-state index in [9.17, 15) is 9.18 Å². The second kappa shape index (κ2) is 7.63. The van der Waals surface area contributed by atoms with E-state index in [2.05, 4.69) is 15.5 Å². The van der Waals surface area contributed by atoms with Crippen LogP contribution in [-0.2, 0) is 0 Å². The van der Waals surface area contributed by atoms with Crippen molar-refractivity contribution in [3.8, 4) is 11.3 Å². The van der Waals surface area contributed by atoms with Crippen molar-refractivity contribution < 1.29 is 13.7 Å². The third-order valence-corrected chi connectivity index (χ3v) is 4.55. The van der Waals surface area contributed by atoms with Gasteiger partial charge in [-0.15, -0.1) is 0 Å². The van der Waals surface area contributed by atoms with E-state index in [0.717, 1.165) is 11.8 Å². The number of carbonyl (C=O) groups is 1. The zero-order valence-corrected chi connectivity index (χ0v) is 15.9. The predicted molar refractivity (Wildman–Crippen MR) is 111 cm³/mol. The number of anilines is 1. The number of nitrogens with one attached hydrogen (secondary N) is 2. The summed E-state index contributed by atoms with van der Waals surface area (Å²) in [6.07, 6.45) is 5.88. The first-order valence-electron chi connectivity index (χ1n) is 8.94. The fourth-order valence-corrected chi connectivity index (χ4v) is 3.05. The summed E-state index contributed by atoms with van der Waals surface area (Å²) in [5.41, 5.74) is 9.12. The summed E-state index contributed by atoms with van der Waals surface area (Å²) in [6.45, 7) is 1.71. The smallest absolute Gasteiger partial charge is 0.261 e. The third-order valence-electron chi connectivity index (χ3n) is 4.55. The van der Waals surface area contributed by atoms with E-state index in [-0.39, 0.29) is 11.4 Å². The average Bonchev–Trinajstić information content (AvgIpc) is 3.34. The number of hydrogen-bond acceptors (Lipinski definition) is 6. The van der Waals surface area contributed by atoms with Crippen LogP contribution < -0.4 is 11.1 Å². The van der Waals surface area contributed by atoms with Gasteiger partial charge in [-0.2, -0.15) is 0 Å². The highest BCUT2D eigenvalue weighted by molar-refractivity contribution is 6.08. The van der Waals surface area contributed by atoms with Gasteiger partial charge in [0, 0.05) is 41.4 Å². The molecule has 0 spiro atoms. The fourth-order valence-electron chi connectivity index (χ4n) is 3.05. The molecule has 0 radical (unpaired) electrons. The molecule has 0 atom stereocenters. The summed E-state index contributed by atoms with van der Waals surface area (Å²) in [4.78, 5) is 16.7. The molecule has 0 saturated carbocycles. The number of rotatable bonds is 5. The maximum Gasteiger partial charge on any atom is 0.261 e. The topological polar surface area (TPSA) is 122 Å². The number of nitrogens with two attached hydrogens (primary N) is 1. The first kappa shape index (κ1) is 19.1. The maximum atomic E-state index is 14.7. The number of allylic oxidation sites excluding steroid dienone is 1. The lowest BCUT2D eigenvalue weighted by atomic mass is 10.1. The molecule has 0 aliphatic carbocycles. The minimum absolute atomic E-state index is 0.125. The van der Waals surface area contributed by atoms with E-state index < -0.39 is 11.7 Å². The summed E-state index contributed by atoms with van der Waals surface area (Å²) in [5, 5.41) is 13.6. The Labute approximate surface area is 170 Å². The number of benzene rings is 1. The van der Waals surface area contributed by atoms with Crippen LogP contribution in [0.2, 0.25) is 0 Å². The molecule has 0 fully saturated rings. The SMILES string of the molecule is Cc1cc(NC(=O)c2ccc(-c3cnc4ccc(C(C=N)=CN)cn34)cc2F)on1. The van der Waals surface area contributed by atoms with Crippen LogP contribution in [0, 0.1) is 18.2 Å². The van der Waals surface area contributed by atoms with Crippen molar-refractivity contribution in [2.75, 3.05) is 5.32 Å². The Balaban J connectivity index is 1.68. The van der Waals surface area contributed by atoms with Crippen molar-refractivity contribution in [3.63, 3.8) is 0 Å². The van der Waals surface area contributed by atoms with Crippen LogP contribution in [-0.4, -0.2) is 26.7 Å². The number of pyridine rings is 1. The standard InChI is InChI=1S/C21H17FN6O2/c1-12-6-20(30-27-12)26-21(29)16-4-2-13(7-17(16)22)18-10-25-19-5-3-14(11-28(18)19)15(8-23)9-24/h2-11,23H,24H2,1H3,(H,26,29). The van der Waals surface area contributed by atoms with Gasteiger partial charge < -0.3 is 15.7 Å². The minimum Gasteiger partial charge on any atom is -0.404 e. The molecule has 0 aliphatic heterocycles. The number of aromatic nitrogens is 3. The normalized spacial score (nSPS) is 11.6. The van der Waals surface area contributed by atoms with Crippen molar-refractivity contribution in [2.24, 2.45) is 5.73 Å². The molecule has 0 aliphatic rings. The van der Waals surface area contributed by atoms with Crippen LogP contribution in [0.5, 0.6) is 0 Å². The Hall–Kier alpha value is -4.27. The predicted octanol–water partition coefficient (Wildman–Crippen LogP) is 3.64. The lowest BCUT2D eigenvalue weighted by molar-refractivity contribution is 0.102. The number of amides is 1. The molecule has 150 valence electrons.